The Morgan fingerprint density at radius 1 is 0.861 bits per heavy atom. The van der Waals surface area contributed by atoms with Crippen molar-refractivity contribution in [2.45, 2.75) is 44.6 Å². The van der Waals surface area contributed by atoms with Crippen molar-refractivity contribution >= 4 is 12.2 Å². The molecular formula is C31H31F3O2. The van der Waals surface area contributed by atoms with Gasteiger partial charge in [-0.15, -0.1) is 0 Å². The van der Waals surface area contributed by atoms with Gasteiger partial charge in [0.1, 0.15) is 6.61 Å². The van der Waals surface area contributed by atoms with Crippen molar-refractivity contribution in [2.75, 3.05) is 13.2 Å². The lowest BCUT2D eigenvalue weighted by molar-refractivity contribution is 0.0325. The van der Waals surface area contributed by atoms with Gasteiger partial charge in [-0.3, -0.25) is 0 Å². The molecule has 0 atom stereocenters. The highest BCUT2D eigenvalue weighted by atomic mass is 19.2. The van der Waals surface area contributed by atoms with Crippen molar-refractivity contribution in [3.05, 3.63) is 101 Å². The summed E-state index contributed by atoms with van der Waals surface area (Å²) < 4.78 is 55.2. The third kappa shape index (κ3) is 6.08. The molecule has 188 valence electrons. The van der Waals surface area contributed by atoms with E-state index in [4.69, 9.17) is 9.47 Å². The van der Waals surface area contributed by atoms with E-state index in [9.17, 15) is 4.39 Å². The summed E-state index contributed by atoms with van der Waals surface area (Å²) in [5, 5.41) is 0. The smallest absolute Gasteiger partial charge is 0.166 e. The van der Waals surface area contributed by atoms with Crippen LogP contribution >= 0.6 is 0 Å². The van der Waals surface area contributed by atoms with E-state index >= 15 is 8.78 Å². The van der Waals surface area contributed by atoms with Crippen LogP contribution in [-0.2, 0) is 4.74 Å². The molecule has 0 spiro atoms. The standard InChI is InChI=1S/C31H31F3O2/c1-3-19-36-29-18-9-22(20-28(29)32)6-5-21-7-10-23(11-8-21)26-16-17-27(31(34)30(26)33)24-12-14-25(15-13-24)35-4-2/h3,5-11,16-18,20,24-25H,1,4,12-15,19H2,2H3/b6-5+. The van der Waals surface area contributed by atoms with Gasteiger partial charge in [-0.05, 0) is 72.9 Å². The van der Waals surface area contributed by atoms with E-state index < -0.39 is 17.5 Å². The minimum atomic E-state index is -0.808. The molecule has 36 heavy (non-hydrogen) atoms. The van der Waals surface area contributed by atoms with Crippen LogP contribution in [0.15, 0.2) is 67.3 Å². The topological polar surface area (TPSA) is 18.5 Å². The van der Waals surface area contributed by atoms with Gasteiger partial charge < -0.3 is 9.47 Å². The van der Waals surface area contributed by atoms with Crippen molar-refractivity contribution in [1.29, 1.82) is 0 Å². The molecule has 0 aromatic heterocycles. The molecule has 0 heterocycles. The van der Waals surface area contributed by atoms with Gasteiger partial charge in [0, 0.05) is 12.2 Å². The molecule has 0 amide bonds. The zero-order valence-corrected chi connectivity index (χ0v) is 20.5. The molecule has 2 nitrogen and oxygen atoms in total. The first kappa shape index (κ1) is 25.8. The average molecular weight is 493 g/mol. The molecule has 0 radical (unpaired) electrons. The Labute approximate surface area is 211 Å². The van der Waals surface area contributed by atoms with Crippen LogP contribution in [0.2, 0.25) is 0 Å². The molecule has 0 bridgehead atoms. The Hall–Kier alpha value is -3.31. The molecule has 5 heteroatoms. The Kier molecular flexibility index (Phi) is 8.65. The second-order valence-electron chi connectivity index (χ2n) is 9.00. The summed E-state index contributed by atoms with van der Waals surface area (Å²) in [5.41, 5.74) is 2.84. The van der Waals surface area contributed by atoms with E-state index in [2.05, 4.69) is 6.58 Å². The van der Waals surface area contributed by atoms with Gasteiger partial charge in [0.25, 0.3) is 0 Å². The summed E-state index contributed by atoms with van der Waals surface area (Å²) in [4.78, 5) is 0. The lowest BCUT2D eigenvalue weighted by atomic mass is 9.82. The van der Waals surface area contributed by atoms with Crippen molar-refractivity contribution in [1.82, 2.24) is 0 Å². The average Bonchev–Trinajstić information content (AvgIpc) is 2.90. The van der Waals surface area contributed by atoms with E-state index in [0.717, 1.165) is 31.2 Å². The van der Waals surface area contributed by atoms with Gasteiger partial charge in [-0.2, -0.15) is 0 Å². The highest BCUT2D eigenvalue weighted by molar-refractivity contribution is 5.72. The monoisotopic (exact) mass is 492 g/mol. The summed E-state index contributed by atoms with van der Waals surface area (Å²) in [6.45, 7) is 6.44. The Morgan fingerprint density at radius 3 is 2.22 bits per heavy atom. The molecule has 1 saturated carbocycles. The molecule has 3 aromatic carbocycles. The van der Waals surface area contributed by atoms with E-state index in [-0.39, 0.29) is 29.9 Å². The van der Waals surface area contributed by atoms with Crippen molar-refractivity contribution in [2.24, 2.45) is 0 Å². The summed E-state index contributed by atoms with van der Waals surface area (Å²) in [5.74, 6) is -1.81. The first-order chi connectivity index (χ1) is 17.5. The van der Waals surface area contributed by atoms with E-state index in [1.165, 1.54) is 6.07 Å². The second kappa shape index (κ2) is 12.1. The molecule has 4 rings (SSSR count). The number of rotatable bonds is 9. The maximum Gasteiger partial charge on any atom is 0.166 e. The van der Waals surface area contributed by atoms with Crippen LogP contribution in [0.5, 0.6) is 5.75 Å². The number of hydrogen-bond acceptors (Lipinski definition) is 2. The fourth-order valence-electron chi connectivity index (χ4n) is 4.73. The van der Waals surface area contributed by atoms with Gasteiger partial charge in [0.2, 0.25) is 0 Å². The predicted molar refractivity (Wildman–Crippen MR) is 139 cm³/mol. The van der Waals surface area contributed by atoms with E-state index in [0.29, 0.717) is 23.3 Å². The minimum absolute atomic E-state index is 0.0187. The molecule has 0 N–H and O–H groups in total. The van der Waals surface area contributed by atoms with Crippen LogP contribution in [-0.4, -0.2) is 19.3 Å². The summed E-state index contributed by atoms with van der Waals surface area (Å²) in [6.07, 6.45) is 8.74. The fraction of sp³-hybridized carbons (Fsp3) is 0.290. The van der Waals surface area contributed by atoms with Gasteiger partial charge in [-0.1, -0.05) is 67.3 Å². The summed E-state index contributed by atoms with van der Waals surface area (Å²) in [6, 6.07) is 15.3. The normalized spacial score (nSPS) is 17.9. The molecule has 3 aromatic rings. The number of hydrogen-bond donors (Lipinski definition) is 0. The lowest BCUT2D eigenvalue weighted by Gasteiger charge is -2.29. The van der Waals surface area contributed by atoms with Crippen LogP contribution in [0.25, 0.3) is 23.3 Å². The number of benzene rings is 3. The number of halogens is 3. The maximum atomic E-state index is 15.1. The molecule has 0 unspecified atom stereocenters. The highest BCUT2D eigenvalue weighted by Crippen LogP contribution is 2.38. The Balaban J connectivity index is 1.44. The first-order valence-corrected chi connectivity index (χ1v) is 12.4. The summed E-state index contributed by atoms with van der Waals surface area (Å²) in [7, 11) is 0. The van der Waals surface area contributed by atoms with Gasteiger partial charge in [0.05, 0.1) is 6.10 Å². The van der Waals surface area contributed by atoms with E-state index in [1.54, 1.807) is 48.6 Å². The molecule has 1 aliphatic carbocycles. The molecule has 1 aliphatic rings. The maximum absolute atomic E-state index is 15.1. The fourth-order valence-corrected chi connectivity index (χ4v) is 4.73. The third-order valence-corrected chi connectivity index (χ3v) is 6.63. The molecule has 0 saturated heterocycles. The quantitative estimate of drug-likeness (QED) is 0.220. The van der Waals surface area contributed by atoms with Gasteiger partial charge in [-0.25, -0.2) is 13.2 Å². The second-order valence-corrected chi connectivity index (χ2v) is 9.00. The highest BCUT2D eigenvalue weighted by Gasteiger charge is 2.26. The largest absolute Gasteiger partial charge is 0.486 e. The van der Waals surface area contributed by atoms with Crippen LogP contribution in [0.4, 0.5) is 13.2 Å². The van der Waals surface area contributed by atoms with Crippen molar-refractivity contribution in [3.63, 3.8) is 0 Å². The van der Waals surface area contributed by atoms with Crippen LogP contribution < -0.4 is 4.74 Å². The van der Waals surface area contributed by atoms with E-state index in [1.807, 2.05) is 25.1 Å². The first-order valence-electron chi connectivity index (χ1n) is 12.4. The van der Waals surface area contributed by atoms with Crippen molar-refractivity contribution in [3.8, 4) is 16.9 Å². The lowest BCUT2D eigenvalue weighted by Crippen LogP contribution is -2.21. The van der Waals surface area contributed by atoms with Crippen LogP contribution in [0.3, 0.4) is 0 Å². The van der Waals surface area contributed by atoms with Crippen molar-refractivity contribution < 1.29 is 22.6 Å². The third-order valence-electron chi connectivity index (χ3n) is 6.63. The van der Waals surface area contributed by atoms with Gasteiger partial charge >= 0.3 is 0 Å². The Morgan fingerprint density at radius 2 is 1.56 bits per heavy atom. The molecule has 0 aliphatic heterocycles. The SMILES string of the molecule is C=CCOc1ccc(/C=C/c2ccc(-c3ccc(C4CCC(OCC)CC4)c(F)c3F)cc2)cc1F. The molecular weight excluding hydrogens is 461 g/mol. The minimum Gasteiger partial charge on any atom is -0.486 e. The van der Waals surface area contributed by atoms with Gasteiger partial charge in [0.15, 0.2) is 23.2 Å². The Bertz CT molecular complexity index is 1210. The predicted octanol–water partition coefficient (Wildman–Crippen LogP) is 8.57. The van der Waals surface area contributed by atoms with Crippen LogP contribution in [0.1, 0.15) is 55.2 Å². The zero-order valence-electron chi connectivity index (χ0n) is 20.5. The number of ether oxygens (including phenoxy) is 2. The zero-order chi connectivity index (χ0) is 25.5. The molecule has 1 fully saturated rings. The van der Waals surface area contributed by atoms with Crippen LogP contribution in [0, 0.1) is 17.5 Å². The summed E-state index contributed by atoms with van der Waals surface area (Å²) >= 11 is 0.